The van der Waals surface area contributed by atoms with Gasteiger partial charge in [0.25, 0.3) is 0 Å². The first kappa shape index (κ1) is 17.9. The number of anilines is 1. The Balaban J connectivity index is 1.65. The van der Waals surface area contributed by atoms with Crippen molar-refractivity contribution in [3.8, 4) is 11.4 Å². The van der Waals surface area contributed by atoms with Crippen LogP contribution in [0.1, 0.15) is 6.92 Å². The molecule has 128 valence electrons. The van der Waals surface area contributed by atoms with Crippen molar-refractivity contribution in [3.05, 3.63) is 52.1 Å². The third kappa shape index (κ3) is 4.59. The Morgan fingerprint density at radius 1 is 1.32 bits per heavy atom. The predicted molar refractivity (Wildman–Crippen MR) is 103 cm³/mol. The number of halogens is 2. The first-order chi connectivity index (χ1) is 12.0. The summed E-state index contributed by atoms with van der Waals surface area (Å²) in [7, 11) is 0. The summed E-state index contributed by atoms with van der Waals surface area (Å²) in [6, 6.07) is 11.0. The molecular weight excluding hydrogens is 426 g/mol. The normalized spacial score (nSPS) is 12.0. The molecule has 0 spiro atoms. The van der Waals surface area contributed by atoms with Crippen molar-refractivity contribution in [2.24, 2.45) is 0 Å². The van der Waals surface area contributed by atoms with Crippen molar-refractivity contribution in [3.63, 3.8) is 0 Å². The molecule has 1 amide bonds. The number of H-pyrrole nitrogens is 1. The first-order valence-electron chi connectivity index (χ1n) is 7.29. The number of thioether (sulfide) groups is 1. The van der Waals surface area contributed by atoms with E-state index in [1.165, 1.54) is 18.0 Å². The van der Waals surface area contributed by atoms with E-state index in [4.69, 9.17) is 11.6 Å². The summed E-state index contributed by atoms with van der Waals surface area (Å²) in [6.07, 6.45) is 1.48. The van der Waals surface area contributed by atoms with Gasteiger partial charge in [-0.1, -0.05) is 57.5 Å². The third-order valence-corrected chi connectivity index (χ3v) is 5.10. The summed E-state index contributed by atoms with van der Waals surface area (Å²) < 4.78 is 0.919. The lowest BCUT2D eigenvalue weighted by molar-refractivity contribution is -0.115. The molecule has 1 aromatic carbocycles. The highest BCUT2D eigenvalue weighted by Gasteiger charge is 2.18. The quantitative estimate of drug-likeness (QED) is 0.577. The molecular formula is C16H13BrClN5OS. The number of benzene rings is 1. The van der Waals surface area contributed by atoms with E-state index < -0.39 is 0 Å². The molecule has 1 atom stereocenters. The van der Waals surface area contributed by atoms with E-state index in [-0.39, 0.29) is 11.2 Å². The maximum atomic E-state index is 12.3. The minimum absolute atomic E-state index is 0.188. The molecule has 0 aliphatic rings. The molecule has 0 saturated heterocycles. The van der Waals surface area contributed by atoms with Gasteiger partial charge in [0.15, 0.2) is 5.82 Å². The van der Waals surface area contributed by atoms with Gasteiger partial charge in [-0.05, 0) is 25.1 Å². The van der Waals surface area contributed by atoms with Gasteiger partial charge in [0.2, 0.25) is 11.1 Å². The van der Waals surface area contributed by atoms with Gasteiger partial charge in [0.05, 0.1) is 10.3 Å². The largest absolute Gasteiger partial charge is 0.310 e. The van der Waals surface area contributed by atoms with E-state index in [1.807, 2.05) is 24.3 Å². The fraction of sp³-hybridized carbons (Fsp3) is 0.125. The molecule has 3 aromatic rings. The van der Waals surface area contributed by atoms with Crippen LogP contribution in [0.4, 0.5) is 5.82 Å². The van der Waals surface area contributed by atoms with Gasteiger partial charge in [-0.15, -0.1) is 5.10 Å². The van der Waals surface area contributed by atoms with Crippen molar-refractivity contribution < 1.29 is 4.79 Å². The number of nitrogens with zero attached hydrogens (tertiary/aromatic N) is 3. The molecule has 0 aliphatic heterocycles. The Kier molecular flexibility index (Phi) is 5.72. The smallest absolute Gasteiger partial charge is 0.238 e. The van der Waals surface area contributed by atoms with Crippen LogP contribution >= 0.6 is 39.3 Å². The molecule has 9 heteroatoms. The van der Waals surface area contributed by atoms with Crippen LogP contribution in [-0.2, 0) is 4.79 Å². The molecule has 6 nitrogen and oxygen atoms in total. The van der Waals surface area contributed by atoms with Crippen LogP contribution in [0.25, 0.3) is 11.4 Å². The zero-order chi connectivity index (χ0) is 17.8. The van der Waals surface area contributed by atoms with Gasteiger partial charge in [-0.25, -0.2) is 9.97 Å². The number of aromatic amines is 1. The third-order valence-electron chi connectivity index (χ3n) is 3.22. The van der Waals surface area contributed by atoms with Crippen LogP contribution in [0.5, 0.6) is 0 Å². The second kappa shape index (κ2) is 7.99. The molecule has 0 unspecified atom stereocenters. The molecule has 2 N–H and O–H groups in total. The van der Waals surface area contributed by atoms with Crippen LogP contribution in [0.2, 0.25) is 5.02 Å². The molecule has 0 bridgehead atoms. The highest BCUT2D eigenvalue weighted by molar-refractivity contribution is 9.10. The molecule has 3 rings (SSSR count). The van der Waals surface area contributed by atoms with Crippen LogP contribution in [0, 0.1) is 0 Å². The van der Waals surface area contributed by atoms with Gasteiger partial charge in [-0.3, -0.25) is 9.89 Å². The SMILES string of the molecule is C[C@@H](Sc1n[nH]c(-c2ccccc2Br)n1)C(=O)Nc1ccc(Cl)cn1. The number of hydrogen-bond acceptors (Lipinski definition) is 5. The predicted octanol–water partition coefficient (Wildman–Crippen LogP) is 4.40. The zero-order valence-electron chi connectivity index (χ0n) is 13.0. The van der Waals surface area contributed by atoms with E-state index in [1.54, 1.807) is 19.1 Å². The van der Waals surface area contributed by atoms with Crippen LogP contribution < -0.4 is 5.32 Å². The lowest BCUT2D eigenvalue weighted by Crippen LogP contribution is -2.23. The summed E-state index contributed by atoms with van der Waals surface area (Å²) in [6.45, 7) is 1.78. The summed E-state index contributed by atoms with van der Waals surface area (Å²) in [4.78, 5) is 20.7. The fourth-order valence-electron chi connectivity index (χ4n) is 1.96. The molecule has 0 aliphatic carbocycles. The number of nitrogens with one attached hydrogen (secondary N) is 2. The Morgan fingerprint density at radius 2 is 2.12 bits per heavy atom. The summed E-state index contributed by atoms with van der Waals surface area (Å²) >= 11 is 10.5. The van der Waals surface area contributed by atoms with Gasteiger partial charge >= 0.3 is 0 Å². The minimum atomic E-state index is -0.389. The Labute approximate surface area is 161 Å². The monoisotopic (exact) mass is 437 g/mol. The van der Waals surface area contributed by atoms with Crippen molar-refractivity contribution in [1.82, 2.24) is 20.2 Å². The Morgan fingerprint density at radius 3 is 2.84 bits per heavy atom. The molecule has 0 radical (unpaired) electrons. The number of rotatable bonds is 5. The summed E-state index contributed by atoms with van der Waals surface area (Å²) in [5.41, 5.74) is 0.907. The van der Waals surface area contributed by atoms with Crippen LogP contribution in [0.3, 0.4) is 0 Å². The van der Waals surface area contributed by atoms with Gasteiger partial charge < -0.3 is 5.32 Å². The number of carbonyl (C=O) groups excluding carboxylic acids is 1. The molecule has 25 heavy (non-hydrogen) atoms. The molecule has 2 heterocycles. The van der Waals surface area contributed by atoms with E-state index >= 15 is 0 Å². The van der Waals surface area contributed by atoms with E-state index in [0.717, 1.165) is 10.0 Å². The highest BCUT2D eigenvalue weighted by atomic mass is 79.9. The second-order valence-electron chi connectivity index (χ2n) is 5.06. The average Bonchev–Trinajstić information content (AvgIpc) is 3.05. The number of carbonyl (C=O) groups is 1. The Bertz CT molecular complexity index is 886. The molecule has 2 aromatic heterocycles. The fourth-order valence-corrected chi connectivity index (χ4v) is 3.27. The summed E-state index contributed by atoms with van der Waals surface area (Å²) in [5, 5.41) is 10.4. The van der Waals surface area contributed by atoms with Crippen LogP contribution in [-0.4, -0.2) is 31.3 Å². The maximum Gasteiger partial charge on any atom is 0.238 e. The maximum absolute atomic E-state index is 12.3. The highest BCUT2D eigenvalue weighted by Crippen LogP contribution is 2.27. The Hall–Kier alpha value is -1.90. The molecule has 0 saturated carbocycles. The van der Waals surface area contributed by atoms with Crippen molar-refractivity contribution >= 4 is 51.0 Å². The minimum Gasteiger partial charge on any atom is -0.310 e. The topological polar surface area (TPSA) is 83.6 Å². The summed E-state index contributed by atoms with van der Waals surface area (Å²) in [5.74, 6) is 0.903. The van der Waals surface area contributed by atoms with E-state index in [9.17, 15) is 4.79 Å². The first-order valence-corrected chi connectivity index (χ1v) is 9.34. The van der Waals surface area contributed by atoms with Gasteiger partial charge in [-0.2, -0.15) is 0 Å². The number of aromatic nitrogens is 4. The van der Waals surface area contributed by atoms with Gasteiger partial charge in [0.1, 0.15) is 5.82 Å². The number of pyridine rings is 1. The lowest BCUT2D eigenvalue weighted by atomic mass is 10.2. The van der Waals surface area contributed by atoms with Crippen molar-refractivity contribution in [2.45, 2.75) is 17.3 Å². The second-order valence-corrected chi connectivity index (χ2v) is 7.66. The number of amides is 1. The van der Waals surface area contributed by atoms with Crippen LogP contribution in [0.15, 0.2) is 52.2 Å². The number of hydrogen-bond donors (Lipinski definition) is 2. The van der Waals surface area contributed by atoms with Gasteiger partial charge in [0, 0.05) is 16.2 Å². The lowest BCUT2D eigenvalue weighted by Gasteiger charge is -2.09. The van der Waals surface area contributed by atoms with E-state index in [2.05, 4.69) is 41.4 Å². The van der Waals surface area contributed by atoms with Crippen molar-refractivity contribution in [2.75, 3.05) is 5.32 Å². The standard InChI is InChI=1S/C16H13BrClN5OS/c1-9(15(24)20-13-7-6-10(18)8-19-13)25-16-21-14(22-23-16)11-4-2-3-5-12(11)17/h2-9H,1H3,(H,19,20,24)(H,21,22,23)/t9-/m1/s1. The molecule has 0 fully saturated rings. The van der Waals surface area contributed by atoms with E-state index in [0.29, 0.717) is 21.8 Å². The van der Waals surface area contributed by atoms with Crippen molar-refractivity contribution in [1.29, 1.82) is 0 Å². The zero-order valence-corrected chi connectivity index (χ0v) is 16.2. The average molecular weight is 439 g/mol.